The number of hydrogen-bond acceptors (Lipinski definition) is 3. The maximum atomic E-state index is 6.64. The van der Waals surface area contributed by atoms with Crippen molar-refractivity contribution in [1.82, 2.24) is 9.55 Å². The Morgan fingerprint density at radius 1 is 0.667 bits per heavy atom. The van der Waals surface area contributed by atoms with Gasteiger partial charge in [-0.25, -0.2) is 4.98 Å². The number of nitrogen functional groups attached to an aromatic ring is 1. The molecule has 0 aliphatic heterocycles. The number of nitrogens with zero attached hydrogens (tertiary/aromatic N) is 2. The summed E-state index contributed by atoms with van der Waals surface area (Å²) in [6.45, 7) is 19.9. The summed E-state index contributed by atoms with van der Waals surface area (Å²) in [6.07, 6.45) is 1.91. The van der Waals surface area contributed by atoms with Gasteiger partial charge in [-0.3, -0.25) is 4.57 Å². The predicted octanol–water partition coefficient (Wildman–Crippen LogP) is 9.45. The van der Waals surface area contributed by atoms with Crippen molar-refractivity contribution < 1.29 is 4.74 Å². The summed E-state index contributed by atoms with van der Waals surface area (Å²) in [6, 6.07) is 23.4. The molecule has 0 saturated heterocycles. The van der Waals surface area contributed by atoms with Gasteiger partial charge in [0.25, 0.3) is 0 Å². The van der Waals surface area contributed by atoms with Crippen molar-refractivity contribution in [2.45, 2.75) is 78.6 Å². The van der Waals surface area contributed by atoms with Crippen molar-refractivity contribution in [2.24, 2.45) is 0 Å². The first-order valence-electron chi connectivity index (χ1n) is 13.8. The summed E-state index contributed by atoms with van der Waals surface area (Å²) >= 11 is 0. The average molecular weight is 520 g/mol. The summed E-state index contributed by atoms with van der Waals surface area (Å²) in [5, 5.41) is 2.36. The van der Waals surface area contributed by atoms with Crippen LogP contribution in [0.25, 0.3) is 27.6 Å². The zero-order chi connectivity index (χ0) is 28.3. The molecule has 202 valence electrons. The normalized spacial score (nSPS) is 12.8. The van der Waals surface area contributed by atoms with Crippen molar-refractivity contribution in [3.63, 3.8) is 0 Å². The smallest absolute Gasteiger partial charge is 0.137 e. The molecule has 5 aromatic rings. The molecule has 0 radical (unpaired) electrons. The molecule has 0 atom stereocenters. The molecule has 2 N–H and O–H groups in total. The lowest BCUT2D eigenvalue weighted by Crippen LogP contribution is -2.19. The molecule has 2 aromatic heterocycles. The predicted molar refractivity (Wildman–Crippen MR) is 166 cm³/mol. The Morgan fingerprint density at radius 2 is 1.33 bits per heavy atom. The Bertz CT molecular complexity index is 1690. The van der Waals surface area contributed by atoms with Crippen LogP contribution in [0.15, 0.2) is 72.9 Å². The van der Waals surface area contributed by atoms with E-state index in [1.807, 2.05) is 12.3 Å². The molecule has 0 amide bonds. The highest BCUT2D eigenvalue weighted by molar-refractivity contribution is 6.09. The summed E-state index contributed by atoms with van der Waals surface area (Å²) < 4.78 is 8.89. The first-order chi connectivity index (χ1) is 18.1. The number of ether oxygens (including phenoxy) is 1. The molecule has 4 heteroatoms. The monoisotopic (exact) mass is 519 g/mol. The third-order valence-corrected chi connectivity index (χ3v) is 7.48. The first-order valence-corrected chi connectivity index (χ1v) is 13.8. The van der Waals surface area contributed by atoms with E-state index in [0.29, 0.717) is 0 Å². The molecule has 0 bridgehead atoms. The van der Waals surface area contributed by atoms with E-state index in [-0.39, 0.29) is 16.2 Å². The molecule has 3 aromatic carbocycles. The minimum Gasteiger partial charge on any atom is -0.457 e. The zero-order valence-corrected chi connectivity index (χ0v) is 24.8. The van der Waals surface area contributed by atoms with Gasteiger partial charge in [0.1, 0.15) is 17.3 Å². The van der Waals surface area contributed by atoms with E-state index >= 15 is 0 Å². The van der Waals surface area contributed by atoms with Gasteiger partial charge in [0.15, 0.2) is 0 Å². The molecule has 2 heterocycles. The van der Waals surface area contributed by atoms with Gasteiger partial charge in [0.2, 0.25) is 0 Å². The van der Waals surface area contributed by atoms with Crippen LogP contribution in [-0.2, 0) is 16.2 Å². The lowest BCUT2D eigenvalue weighted by molar-refractivity contribution is 0.454. The highest BCUT2D eigenvalue weighted by Crippen LogP contribution is 2.42. The van der Waals surface area contributed by atoms with Gasteiger partial charge >= 0.3 is 0 Å². The molecule has 0 aliphatic carbocycles. The summed E-state index contributed by atoms with van der Waals surface area (Å²) in [5.41, 5.74) is 12.9. The van der Waals surface area contributed by atoms with E-state index in [1.54, 1.807) is 0 Å². The Hall–Kier alpha value is -3.79. The fourth-order valence-corrected chi connectivity index (χ4v) is 5.31. The van der Waals surface area contributed by atoms with Crippen LogP contribution >= 0.6 is 0 Å². The quantitative estimate of drug-likeness (QED) is 0.242. The summed E-state index contributed by atoms with van der Waals surface area (Å²) in [4.78, 5) is 4.81. The molecular weight excluding hydrogens is 478 g/mol. The van der Waals surface area contributed by atoms with Gasteiger partial charge < -0.3 is 10.5 Å². The van der Waals surface area contributed by atoms with E-state index in [2.05, 4.69) is 128 Å². The second-order valence-corrected chi connectivity index (χ2v) is 13.7. The highest BCUT2D eigenvalue weighted by atomic mass is 16.5. The van der Waals surface area contributed by atoms with E-state index in [9.17, 15) is 0 Å². The molecular formula is C35H41N3O. The van der Waals surface area contributed by atoms with Crippen LogP contribution in [0.4, 0.5) is 5.69 Å². The number of nitrogens with two attached hydrogens (primary N) is 1. The van der Waals surface area contributed by atoms with Gasteiger partial charge in [-0.1, -0.05) is 80.5 Å². The third-order valence-electron chi connectivity index (χ3n) is 7.48. The second-order valence-electron chi connectivity index (χ2n) is 13.7. The largest absolute Gasteiger partial charge is 0.457 e. The maximum absolute atomic E-state index is 6.64. The van der Waals surface area contributed by atoms with Gasteiger partial charge in [-0.2, -0.15) is 0 Å². The number of rotatable bonds is 3. The summed E-state index contributed by atoms with van der Waals surface area (Å²) in [7, 11) is 0. The fourth-order valence-electron chi connectivity index (χ4n) is 5.31. The summed E-state index contributed by atoms with van der Waals surface area (Å²) in [5.74, 6) is 2.47. The van der Waals surface area contributed by atoms with E-state index in [0.717, 1.165) is 45.2 Å². The van der Waals surface area contributed by atoms with Crippen molar-refractivity contribution >= 4 is 27.5 Å². The number of anilines is 1. The molecule has 0 aliphatic rings. The Kier molecular flexibility index (Phi) is 6.29. The molecule has 5 rings (SSSR count). The van der Waals surface area contributed by atoms with Crippen LogP contribution in [-0.4, -0.2) is 9.55 Å². The Balaban J connectivity index is 1.70. The second kappa shape index (κ2) is 9.15. The lowest BCUT2D eigenvalue weighted by Gasteiger charge is -2.28. The lowest BCUT2D eigenvalue weighted by atomic mass is 9.79. The highest BCUT2D eigenvalue weighted by Gasteiger charge is 2.26. The molecule has 0 spiro atoms. The Labute approximate surface area is 232 Å². The zero-order valence-electron chi connectivity index (χ0n) is 24.8. The van der Waals surface area contributed by atoms with Crippen LogP contribution in [0.2, 0.25) is 0 Å². The van der Waals surface area contributed by atoms with Gasteiger partial charge in [-0.05, 0) is 63.8 Å². The van der Waals surface area contributed by atoms with Crippen molar-refractivity contribution in [3.8, 4) is 17.3 Å². The number of aromatic nitrogens is 2. The van der Waals surface area contributed by atoms with E-state index < -0.39 is 0 Å². The third kappa shape index (κ3) is 5.01. The van der Waals surface area contributed by atoms with E-state index in [4.69, 9.17) is 15.5 Å². The number of pyridine rings is 1. The average Bonchev–Trinajstić information content (AvgIpc) is 3.15. The molecule has 0 unspecified atom stereocenters. The van der Waals surface area contributed by atoms with Crippen molar-refractivity contribution in [1.29, 1.82) is 0 Å². The van der Waals surface area contributed by atoms with Crippen LogP contribution in [0.1, 0.15) is 79.0 Å². The number of benzene rings is 3. The SMILES string of the molecule is CC(C)(C)c1ccnc(-n2c3ccccc3c3ccc(Oc4cc(N)c(C(C)(C)C)cc4C(C)(C)C)cc32)c1. The van der Waals surface area contributed by atoms with Gasteiger partial charge in [0, 0.05) is 40.4 Å². The first kappa shape index (κ1) is 26.8. The number of fused-ring (bicyclic) bond motifs is 3. The molecule has 0 saturated carbocycles. The van der Waals surface area contributed by atoms with Crippen molar-refractivity contribution in [2.75, 3.05) is 5.73 Å². The minimum absolute atomic E-state index is 0.0211. The molecule has 0 fully saturated rings. The van der Waals surface area contributed by atoms with Gasteiger partial charge in [-0.15, -0.1) is 0 Å². The topological polar surface area (TPSA) is 53.1 Å². The standard InChI is InChI=1S/C35H41N3O/c1-33(2,3)22-16-17-37-32(18-22)38-29-13-11-10-12-24(29)25-15-14-23(19-30(25)38)39-31-21-28(36)26(34(4,5)6)20-27(31)35(7,8)9/h10-21H,36H2,1-9H3. The van der Waals surface area contributed by atoms with Crippen LogP contribution in [0, 0.1) is 0 Å². The van der Waals surface area contributed by atoms with Crippen LogP contribution in [0.5, 0.6) is 11.5 Å². The van der Waals surface area contributed by atoms with Crippen molar-refractivity contribution in [3.05, 3.63) is 89.6 Å². The number of para-hydroxylation sites is 1. The van der Waals surface area contributed by atoms with Crippen LogP contribution in [0.3, 0.4) is 0 Å². The minimum atomic E-state index is -0.112. The van der Waals surface area contributed by atoms with Crippen LogP contribution < -0.4 is 10.5 Å². The number of hydrogen-bond donors (Lipinski definition) is 1. The van der Waals surface area contributed by atoms with E-state index in [1.165, 1.54) is 16.3 Å². The molecule has 39 heavy (non-hydrogen) atoms. The maximum Gasteiger partial charge on any atom is 0.137 e. The fraction of sp³-hybridized carbons (Fsp3) is 0.343. The van der Waals surface area contributed by atoms with Gasteiger partial charge in [0.05, 0.1) is 11.0 Å². The Morgan fingerprint density at radius 3 is 2.00 bits per heavy atom. The molecule has 4 nitrogen and oxygen atoms in total.